The van der Waals surface area contributed by atoms with E-state index in [2.05, 4.69) is 22.4 Å². The van der Waals surface area contributed by atoms with Gasteiger partial charge in [0.1, 0.15) is 11.4 Å². The third-order valence-electron chi connectivity index (χ3n) is 5.88. The summed E-state index contributed by atoms with van der Waals surface area (Å²) in [5, 5.41) is 3.82. The van der Waals surface area contributed by atoms with Crippen molar-refractivity contribution in [2.75, 3.05) is 5.32 Å². The van der Waals surface area contributed by atoms with E-state index in [-0.39, 0.29) is 17.4 Å². The minimum Gasteiger partial charge on any atom is -0.452 e. The van der Waals surface area contributed by atoms with Crippen LogP contribution in [0.1, 0.15) is 36.7 Å². The van der Waals surface area contributed by atoms with E-state index in [1.807, 2.05) is 62.8 Å². The van der Waals surface area contributed by atoms with E-state index < -0.39 is 5.41 Å². The molecular formula is C28H25N3O3. The maximum absolute atomic E-state index is 13.4. The third kappa shape index (κ3) is 3.67. The SMILES string of the molecule is Cn1cc(/C=C2\Oc3cccc(NC(=O)C(C)(C)C)c3C2=O)c2c(-c3ccccc3)ccnc21. The van der Waals surface area contributed by atoms with Crippen LogP contribution in [0.2, 0.25) is 0 Å². The molecule has 0 saturated carbocycles. The number of Topliss-reactive ketones (excluding diaryl/α,β-unsaturated/α-hetero) is 1. The molecule has 5 rings (SSSR count). The van der Waals surface area contributed by atoms with E-state index in [9.17, 15) is 9.59 Å². The Balaban J connectivity index is 1.59. The fraction of sp³-hybridized carbons (Fsp3) is 0.179. The first kappa shape index (κ1) is 21.6. The lowest BCUT2D eigenvalue weighted by atomic mass is 9.95. The zero-order valence-electron chi connectivity index (χ0n) is 19.5. The highest BCUT2D eigenvalue weighted by Crippen LogP contribution is 2.39. The first-order chi connectivity index (χ1) is 16.2. The predicted molar refractivity (Wildman–Crippen MR) is 134 cm³/mol. The Morgan fingerprint density at radius 3 is 2.56 bits per heavy atom. The normalized spacial score (nSPS) is 14.4. The topological polar surface area (TPSA) is 73.2 Å². The van der Waals surface area contributed by atoms with Crippen molar-refractivity contribution in [3.63, 3.8) is 0 Å². The van der Waals surface area contributed by atoms with E-state index in [4.69, 9.17) is 4.74 Å². The number of ketones is 1. The van der Waals surface area contributed by atoms with E-state index in [0.29, 0.717) is 17.0 Å². The number of hydrogen-bond acceptors (Lipinski definition) is 4. The minimum absolute atomic E-state index is 0.168. The Bertz CT molecular complexity index is 1470. The summed E-state index contributed by atoms with van der Waals surface area (Å²) in [5.41, 5.74) is 3.97. The number of allylic oxidation sites excluding steroid dienone is 1. The number of benzene rings is 2. The molecule has 6 heteroatoms. The number of aryl methyl sites for hydroxylation is 1. The molecular weight excluding hydrogens is 426 g/mol. The van der Waals surface area contributed by atoms with Crippen molar-refractivity contribution >= 4 is 34.5 Å². The standard InChI is InChI=1S/C28H25N3O3/c1-28(2,3)27(33)30-20-11-8-12-21-24(20)25(32)22(34-21)15-18-16-31(4)26-23(18)19(13-14-29-26)17-9-6-5-7-10-17/h5-16H,1-4H3,(H,30,33)/b22-15-. The molecule has 2 aromatic heterocycles. The summed E-state index contributed by atoms with van der Waals surface area (Å²) in [7, 11) is 1.93. The van der Waals surface area contributed by atoms with Crippen molar-refractivity contribution in [3.05, 3.63) is 83.9 Å². The van der Waals surface area contributed by atoms with Crippen LogP contribution in [0.3, 0.4) is 0 Å². The van der Waals surface area contributed by atoms with Gasteiger partial charge in [-0.1, -0.05) is 57.2 Å². The van der Waals surface area contributed by atoms with E-state index in [1.165, 1.54) is 0 Å². The molecule has 0 unspecified atom stereocenters. The lowest BCUT2D eigenvalue weighted by Crippen LogP contribution is -2.28. The summed E-state index contributed by atoms with van der Waals surface area (Å²) in [4.78, 5) is 30.5. The highest BCUT2D eigenvalue weighted by Gasteiger charge is 2.32. The Morgan fingerprint density at radius 1 is 1.06 bits per heavy atom. The van der Waals surface area contributed by atoms with Crippen molar-refractivity contribution < 1.29 is 14.3 Å². The summed E-state index contributed by atoms with van der Waals surface area (Å²) < 4.78 is 7.91. The van der Waals surface area contributed by atoms with Crippen molar-refractivity contribution in [2.24, 2.45) is 12.5 Å². The average Bonchev–Trinajstić information content (AvgIpc) is 3.31. The molecule has 34 heavy (non-hydrogen) atoms. The summed E-state index contributed by atoms with van der Waals surface area (Å²) in [6, 6.07) is 17.3. The smallest absolute Gasteiger partial charge is 0.234 e. The number of nitrogens with one attached hydrogen (secondary N) is 1. The lowest BCUT2D eigenvalue weighted by molar-refractivity contribution is -0.123. The molecule has 1 amide bonds. The van der Waals surface area contributed by atoms with Crippen LogP contribution in [-0.2, 0) is 11.8 Å². The van der Waals surface area contributed by atoms with Gasteiger partial charge in [-0.2, -0.15) is 0 Å². The van der Waals surface area contributed by atoms with Gasteiger partial charge in [0.05, 0.1) is 11.3 Å². The molecule has 1 aliphatic heterocycles. The maximum Gasteiger partial charge on any atom is 0.234 e. The number of rotatable bonds is 3. The quantitative estimate of drug-likeness (QED) is 0.397. The highest BCUT2D eigenvalue weighted by atomic mass is 16.5. The first-order valence-corrected chi connectivity index (χ1v) is 11.1. The molecule has 0 saturated heterocycles. The van der Waals surface area contributed by atoms with Gasteiger partial charge in [-0.3, -0.25) is 9.59 Å². The zero-order chi connectivity index (χ0) is 24.0. The van der Waals surface area contributed by atoms with Crippen LogP contribution >= 0.6 is 0 Å². The molecule has 0 atom stereocenters. The van der Waals surface area contributed by atoms with Crippen molar-refractivity contribution in [1.29, 1.82) is 0 Å². The molecule has 170 valence electrons. The molecule has 3 heterocycles. The number of nitrogens with zero attached hydrogens (tertiary/aromatic N) is 2. The molecule has 0 bridgehead atoms. The van der Waals surface area contributed by atoms with Crippen LogP contribution in [0.4, 0.5) is 5.69 Å². The number of carbonyl (C=O) groups excluding carboxylic acids is 2. The molecule has 2 aromatic carbocycles. The van der Waals surface area contributed by atoms with Crippen LogP contribution in [0, 0.1) is 5.41 Å². The van der Waals surface area contributed by atoms with Crippen LogP contribution < -0.4 is 10.1 Å². The number of pyridine rings is 1. The van der Waals surface area contributed by atoms with Gasteiger partial charge >= 0.3 is 0 Å². The second kappa shape index (κ2) is 7.99. The Morgan fingerprint density at radius 2 is 1.82 bits per heavy atom. The van der Waals surface area contributed by atoms with Crippen molar-refractivity contribution in [1.82, 2.24) is 9.55 Å². The van der Waals surface area contributed by atoms with Gasteiger partial charge < -0.3 is 14.6 Å². The summed E-state index contributed by atoms with van der Waals surface area (Å²) in [6.07, 6.45) is 5.49. The van der Waals surface area contributed by atoms with Crippen LogP contribution in [0.25, 0.3) is 28.2 Å². The molecule has 1 N–H and O–H groups in total. The summed E-state index contributed by atoms with van der Waals surface area (Å²) in [6.45, 7) is 5.48. The number of ether oxygens (including phenoxy) is 1. The second-order valence-electron chi connectivity index (χ2n) is 9.44. The second-order valence-corrected chi connectivity index (χ2v) is 9.44. The van der Waals surface area contributed by atoms with E-state index in [1.54, 1.807) is 30.5 Å². The Labute approximate surface area is 197 Å². The molecule has 1 aliphatic rings. The number of amides is 1. The molecule has 0 aliphatic carbocycles. The van der Waals surface area contributed by atoms with E-state index >= 15 is 0 Å². The van der Waals surface area contributed by atoms with E-state index in [0.717, 1.165) is 27.7 Å². The van der Waals surface area contributed by atoms with Gasteiger partial charge in [-0.25, -0.2) is 4.98 Å². The van der Waals surface area contributed by atoms with Gasteiger partial charge in [-0.15, -0.1) is 0 Å². The van der Waals surface area contributed by atoms with Crippen molar-refractivity contribution in [2.45, 2.75) is 20.8 Å². The zero-order valence-corrected chi connectivity index (χ0v) is 19.5. The van der Waals surface area contributed by atoms with Crippen LogP contribution in [0.15, 0.2) is 72.8 Å². The van der Waals surface area contributed by atoms with Gasteiger partial charge in [0.15, 0.2) is 5.76 Å². The van der Waals surface area contributed by atoms with Gasteiger partial charge in [0, 0.05) is 35.8 Å². The fourth-order valence-electron chi connectivity index (χ4n) is 4.09. The average molecular weight is 452 g/mol. The number of fused-ring (bicyclic) bond motifs is 2. The summed E-state index contributed by atoms with van der Waals surface area (Å²) in [5.74, 6) is 0.216. The van der Waals surface area contributed by atoms with Gasteiger partial charge in [0.25, 0.3) is 0 Å². The van der Waals surface area contributed by atoms with Crippen LogP contribution in [-0.4, -0.2) is 21.2 Å². The molecule has 6 nitrogen and oxygen atoms in total. The molecule has 0 radical (unpaired) electrons. The van der Waals surface area contributed by atoms with Crippen LogP contribution in [0.5, 0.6) is 5.75 Å². The van der Waals surface area contributed by atoms with Gasteiger partial charge in [-0.05, 0) is 35.4 Å². The monoisotopic (exact) mass is 451 g/mol. The number of carbonyl (C=O) groups is 2. The number of hydrogen-bond donors (Lipinski definition) is 1. The molecule has 4 aromatic rings. The fourth-order valence-corrected chi connectivity index (χ4v) is 4.09. The minimum atomic E-state index is -0.590. The molecule has 0 spiro atoms. The Hall–Kier alpha value is -4.19. The Kier molecular flexibility index (Phi) is 5.09. The van der Waals surface area contributed by atoms with Gasteiger partial charge in [0.2, 0.25) is 11.7 Å². The van der Waals surface area contributed by atoms with Crippen molar-refractivity contribution in [3.8, 4) is 16.9 Å². The first-order valence-electron chi connectivity index (χ1n) is 11.1. The third-order valence-corrected chi connectivity index (χ3v) is 5.88. The highest BCUT2D eigenvalue weighted by molar-refractivity contribution is 6.19. The summed E-state index contributed by atoms with van der Waals surface area (Å²) >= 11 is 0. The largest absolute Gasteiger partial charge is 0.452 e. The number of aromatic nitrogens is 2. The lowest BCUT2D eigenvalue weighted by Gasteiger charge is -2.18. The maximum atomic E-state index is 13.4. The molecule has 0 fully saturated rings. The predicted octanol–water partition coefficient (Wildman–Crippen LogP) is 5.84. The number of anilines is 1.